The average molecular weight is 270 g/mol. The van der Waals surface area contributed by atoms with Crippen LogP contribution in [0, 0.1) is 0 Å². The minimum atomic E-state index is 0. The summed E-state index contributed by atoms with van der Waals surface area (Å²) in [4.78, 5) is 0. The first-order valence-electron chi connectivity index (χ1n) is 5.99. The maximum Gasteiger partial charge on any atom is 0.0762 e. The summed E-state index contributed by atoms with van der Waals surface area (Å²) in [5.41, 5.74) is 2.13. The number of aromatic nitrogens is 4. The van der Waals surface area contributed by atoms with Crippen LogP contribution in [0.3, 0.4) is 0 Å². The van der Waals surface area contributed by atoms with Gasteiger partial charge in [0.15, 0.2) is 0 Å². The number of rotatable bonds is 6. The average Bonchev–Trinajstić information content (AvgIpc) is 2.89. The molecule has 0 aliphatic rings. The Kier molecular flexibility index (Phi) is 5.88. The van der Waals surface area contributed by atoms with Crippen molar-refractivity contribution in [3.63, 3.8) is 0 Å². The molecular formula is C12H20ClN5. The molecule has 0 aliphatic heterocycles. The van der Waals surface area contributed by atoms with E-state index in [9.17, 15) is 0 Å². The van der Waals surface area contributed by atoms with Crippen LogP contribution in [0.2, 0.25) is 0 Å². The quantitative estimate of drug-likeness (QED) is 0.869. The number of nitrogens with one attached hydrogen (secondary N) is 1. The fourth-order valence-corrected chi connectivity index (χ4v) is 1.73. The van der Waals surface area contributed by atoms with Crippen molar-refractivity contribution in [1.82, 2.24) is 24.9 Å². The van der Waals surface area contributed by atoms with E-state index in [1.165, 1.54) is 0 Å². The van der Waals surface area contributed by atoms with Crippen molar-refractivity contribution in [3.05, 3.63) is 35.9 Å². The Bertz CT molecular complexity index is 462. The second-order valence-corrected chi connectivity index (χ2v) is 4.15. The summed E-state index contributed by atoms with van der Waals surface area (Å²) in [5.74, 6) is 0. The van der Waals surface area contributed by atoms with Gasteiger partial charge < -0.3 is 5.32 Å². The van der Waals surface area contributed by atoms with E-state index in [4.69, 9.17) is 0 Å². The van der Waals surface area contributed by atoms with E-state index in [0.717, 1.165) is 37.4 Å². The second-order valence-electron chi connectivity index (χ2n) is 4.15. The molecule has 0 unspecified atom stereocenters. The predicted octanol–water partition coefficient (Wildman–Crippen LogP) is 1.74. The number of halogens is 1. The smallest absolute Gasteiger partial charge is 0.0762 e. The fraction of sp³-hybridized carbons (Fsp3) is 0.500. The van der Waals surface area contributed by atoms with Crippen LogP contribution >= 0.6 is 12.4 Å². The van der Waals surface area contributed by atoms with Gasteiger partial charge in [0.05, 0.1) is 11.4 Å². The highest BCUT2D eigenvalue weighted by atomic mass is 35.5. The molecular weight excluding hydrogens is 250 g/mol. The normalized spacial score (nSPS) is 10.3. The Morgan fingerprint density at radius 3 is 2.39 bits per heavy atom. The van der Waals surface area contributed by atoms with Gasteiger partial charge in [-0.25, -0.2) is 0 Å². The molecule has 18 heavy (non-hydrogen) atoms. The highest BCUT2D eigenvalue weighted by Gasteiger charge is 1.99. The van der Waals surface area contributed by atoms with E-state index in [2.05, 4.69) is 28.5 Å². The first-order chi connectivity index (χ1) is 8.28. The lowest BCUT2D eigenvalue weighted by molar-refractivity contribution is 0.580. The first kappa shape index (κ1) is 14.7. The molecule has 1 N–H and O–H groups in total. The van der Waals surface area contributed by atoms with Gasteiger partial charge >= 0.3 is 0 Å². The van der Waals surface area contributed by atoms with Crippen LogP contribution in [0.1, 0.15) is 24.7 Å². The predicted molar refractivity (Wildman–Crippen MR) is 73.5 cm³/mol. The zero-order valence-electron chi connectivity index (χ0n) is 10.8. The molecule has 2 aromatic heterocycles. The SMILES string of the molecule is CCCn1ccc(CNCc2ccn(C)n2)n1.Cl. The Balaban J connectivity index is 0.00000162. The van der Waals surface area contributed by atoms with Crippen LogP contribution < -0.4 is 5.32 Å². The van der Waals surface area contributed by atoms with Gasteiger partial charge in [-0.05, 0) is 18.6 Å². The van der Waals surface area contributed by atoms with E-state index in [-0.39, 0.29) is 12.4 Å². The second kappa shape index (κ2) is 7.18. The van der Waals surface area contributed by atoms with Crippen molar-refractivity contribution in [3.8, 4) is 0 Å². The summed E-state index contributed by atoms with van der Waals surface area (Å²) < 4.78 is 3.80. The molecule has 0 spiro atoms. The molecule has 2 aromatic rings. The topological polar surface area (TPSA) is 47.7 Å². The van der Waals surface area contributed by atoms with E-state index >= 15 is 0 Å². The zero-order valence-corrected chi connectivity index (χ0v) is 11.7. The highest BCUT2D eigenvalue weighted by molar-refractivity contribution is 5.85. The molecule has 0 saturated carbocycles. The molecule has 2 rings (SSSR count). The monoisotopic (exact) mass is 269 g/mol. The molecule has 5 nitrogen and oxygen atoms in total. The molecule has 0 radical (unpaired) electrons. The number of aryl methyl sites for hydroxylation is 2. The van der Waals surface area contributed by atoms with Crippen LogP contribution in [-0.2, 0) is 26.7 Å². The Morgan fingerprint density at radius 2 is 1.78 bits per heavy atom. The molecule has 2 heterocycles. The number of hydrogen-bond acceptors (Lipinski definition) is 3. The zero-order chi connectivity index (χ0) is 12.1. The lowest BCUT2D eigenvalue weighted by Crippen LogP contribution is -2.14. The molecule has 0 aliphatic carbocycles. The van der Waals surface area contributed by atoms with E-state index in [1.807, 2.05) is 34.9 Å². The van der Waals surface area contributed by atoms with Crippen LogP contribution in [0.4, 0.5) is 0 Å². The van der Waals surface area contributed by atoms with Crippen molar-refractivity contribution in [2.75, 3.05) is 0 Å². The minimum absolute atomic E-state index is 0. The lowest BCUT2D eigenvalue weighted by atomic mass is 10.4. The minimum Gasteiger partial charge on any atom is -0.305 e. The standard InChI is InChI=1S/C12H19N5.ClH/c1-3-6-17-8-5-12(15-17)10-13-9-11-4-7-16(2)14-11;/h4-5,7-8,13H,3,6,9-10H2,1-2H3;1H. The van der Waals surface area contributed by atoms with Gasteiger partial charge in [-0.15, -0.1) is 12.4 Å². The highest BCUT2D eigenvalue weighted by Crippen LogP contribution is 1.98. The molecule has 0 fully saturated rings. The molecule has 0 saturated heterocycles. The van der Waals surface area contributed by atoms with E-state index in [1.54, 1.807) is 0 Å². The Morgan fingerprint density at radius 1 is 1.11 bits per heavy atom. The molecule has 0 amide bonds. The van der Waals surface area contributed by atoms with Crippen molar-refractivity contribution >= 4 is 12.4 Å². The molecule has 0 aromatic carbocycles. The third-order valence-electron chi connectivity index (χ3n) is 2.53. The van der Waals surface area contributed by atoms with Gasteiger partial charge in [-0.1, -0.05) is 6.92 Å². The maximum atomic E-state index is 4.46. The first-order valence-corrected chi connectivity index (χ1v) is 5.99. The van der Waals surface area contributed by atoms with Crippen LogP contribution in [0.5, 0.6) is 0 Å². The number of nitrogens with zero attached hydrogens (tertiary/aromatic N) is 4. The van der Waals surface area contributed by atoms with Crippen molar-refractivity contribution < 1.29 is 0 Å². The van der Waals surface area contributed by atoms with Crippen molar-refractivity contribution in [1.29, 1.82) is 0 Å². The maximum absolute atomic E-state index is 4.46. The third-order valence-corrected chi connectivity index (χ3v) is 2.53. The van der Waals surface area contributed by atoms with Gasteiger partial charge in [-0.2, -0.15) is 10.2 Å². The molecule has 0 atom stereocenters. The van der Waals surface area contributed by atoms with Gasteiger partial charge in [0, 0.05) is 39.1 Å². The van der Waals surface area contributed by atoms with Gasteiger partial charge in [-0.3, -0.25) is 9.36 Å². The van der Waals surface area contributed by atoms with Gasteiger partial charge in [0.2, 0.25) is 0 Å². The van der Waals surface area contributed by atoms with Crippen molar-refractivity contribution in [2.45, 2.75) is 33.0 Å². The summed E-state index contributed by atoms with van der Waals surface area (Å²) in [7, 11) is 1.93. The Labute approximate surface area is 114 Å². The molecule has 0 bridgehead atoms. The lowest BCUT2D eigenvalue weighted by Gasteiger charge is -2.00. The summed E-state index contributed by atoms with van der Waals surface area (Å²) in [6.07, 6.45) is 5.09. The summed E-state index contributed by atoms with van der Waals surface area (Å²) >= 11 is 0. The van der Waals surface area contributed by atoms with Crippen molar-refractivity contribution in [2.24, 2.45) is 7.05 Å². The third kappa shape index (κ3) is 4.16. The largest absolute Gasteiger partial charge is 0.305 e. The molecule has 6 heteroatoms. The van der Waals surface area contributed by atoms with Crippen LogP contribution in [0.15, 0.2) is 24.5 Å². The molecule has 100 valence electrons. The summed E-state index contributed by atoms with van der Waals surface area (Å²) in [6, 6.07) is 4.07. The number of hydrogen-bond donors (Lipinski definition) is 1. The Hall–Kier alpha value is -1.33. The van der Waals surface area contributed by atoms with E-state index in [0.29, 0.717) is 0 Å². The van der Waals surface area contributed by atoms with Gasteiger partial charge in [0.1, 0.15) is 0 Å². The van der Waals surface area contributed by atoms with E-state index < -0.39 is 0 Å². The van der Waals surface area contributed by atoms with Crippen LogP contribution in [-0.4, -0.2) is 19.6 Å². The summed E-state index contributed by atoms with van der Waals surface area (Å²) in [6.45, 7) is 4.70. The summed E-state index contributed by atoms with van der Waals surface area (Å²) in [5, 5.41) is 12.1. The fourth-order valence-electron chi connectivity index (χ4n) is 1.73. The van der Waals surface area contributed by atoms with Gasteiger partial charge in [0.25, 0.3) is 0 Å². The van der Waals surface area contributed by atoms with Crippen LogP contribution in [0.25, 0.3) is 0 Å².